The average Bonchev–Trinajstić information content (AvgIpc) is 2.85. The Morgan fingerprint density at radius 2 is 1.92 bits per heavy atom. The first-order valence-corrected chi connectivity index (χ1v) is 8.29. The van der Waals surface area contributed by atoms with Gasteiger partial charge in [0, 0.05) is 17.6 Å². The minimum Gasteiger partial charge on any atom is -0.487 e. The quantitative estimate of drug-likeness (QED) is 0.782. The summed E-state index contributed by atoms with van der Waals surface area (Å²) in [4.78, 5) is 28.7. The Balaban J connectivity index is 1.43. The van der Waals surface area contributed by atoms with E-state index in [1.165, 1.54) is 4.57 Å². The molecule has 128 valence electrons. The molecule has 25 heavy (non-hydrogen) atoms. The van der Waals surface area contributed by atoms with Gasteiger partial charge in [0.05, 0.1) is 24.1 Å². The molecule has 2 aromatic carbocycles. The maximum atomic E-state index is 12.6. The number of benzene rings is 2. The van der Waals surface area contributed by atoms with E-state index < -0.39 is 0 Å². The van der Waals surface area contributed by atoms with Gasteiger partial charge in [-0.15, -0.1) is 0 Å². The number of rotatable bonds is 3. The van der Waals surface area contributed by atoms with Gasteiger partial charge >= 0.3 is 5.69 Å². The highest BCUT2D eigenvalue weighted by atomic mass is 35.5. The summed E-state index contributed by atoms with van der Waals surface area (Å²) in [5.41, 5.74) is 1.79. The van der Waals surface area contributed by atoms with Crippen LogP contribution in [0.3, 0.4) is 0 Å². The molecule has 2 heterocycles. The van der Waals surface area contributed by atoms with E-state index >= 15 is 0 Å². The van der Waals surface area contributed by atoms with Gasteiger partial charge < -0.3 is 14.6 Å². The summed E-state index contributed by atoms with van der Waals surface area (Å²) >= 11 is 5.85. The largest absolute Gasteiger partial charge is 0.487 e. The molecule has 1 saturated heterocycles. The Morgan fingerprint density at radius 3 is 2.64 bits per heavy atom. The second-order valence-electron chi connectivity index (χ2n) is 6.13. The first kappa shape index (κ1) is 15.8. The van der Waals surface area contributed by atoms with Gasteiger partial charge in [-0.25, -0.2) is 4.79 Å². The molecule has 0 atom stereocenters. The first-order chi connectivity index (χ1) is 12.0. The standard InChI is InChI=1S/C18H16ClN3O3/c1-21-16-7-2-11(8-15(16)20-18(21)24)17(23)22-9-14(10-22)25-13-5-3-12(19)4-6-13/h2-8,14H,9-10H2,1H3,(H,20,24). The second kappa shape index (κ2) is 5.97. The van der Waals surface area contributed by atoms with Crippen LogP contribution in [-0.4, -0.2) is 39.6 Å². The summed E-state index contributed by atoms with van der Waals surface area (Å²) in [5, 5.41) is 0.659. The van der Waals surface area contributed by atoms with Crippen molar-refractivity contribution < 1.29 is 9.53 Å². The number of aryl methyl sites for hydroxylation is 1. The van der Waals surface area contributed by atoms with E-state index in [4.69, 9.17) is 16.3 Å². The molecule has 1 aliphatic heterocycles. The summed E-state index contributed by atoms with van der Waals surface area (Å²) in [5.74, 6) is 0.673. The van der Waals surface area contributed by atoms with Crippen molar-refractivity contribution in [1.82, 2.24) is 14.5 Å². The van der Waals surface area contributed by atoms with Crippen LogP contribution in [0.2, 0.25) is 5.02 Å². The highest BCUT2D eigenvalue weighted by molar-refractivity contribution is 6.30. The maximum Gasteiger partial charge on any atom is 0.326 e. The molecule has 6 nitrogen and oxygen atoms in total. The normalized spacial score (nSPS) is 14.6. The number of amides is 1. The van der Waals surface area contributed by atoms with Gasteiger partial charge in [0.25, 0.3) is 5.91 Å². The Morgan fingerprint density at radius 1 is 1.20 bits per heavy atom. The number of carbonyl (C=O) groups is 1. The fourth-order valence-electron chi connectivity index (χ4n) is 2.94. The molecule has 1 aliphatic rings. The molecule has 1 aromatic heterocycles. The van der Waals surface area contributed by atoms with Gasteiger partial charge in [-0.3, -0.25) is 9.36 Å². The van der Waals surface area contributed by atoms with Crippen molar-refractivity contribution in [3.63, 3.8) is 0 Å². The number of likely N-dealkylation sites (tertiary alicyclic amines) is 1. The van der Waals surface area contributed by atoms with Crippen LogP contribution in [0, 0.1) is 0 Å². The Hall–Kier alpha value is -2.73. The molecule has 0 spiro atoms. The van der Waals surface area contributed by atoms with Gasteiger partial charge in [0.1, 0.15) is 11.9 Å². The van der Waals surface area contributed by atoms with E-state index in [0.29, 0.717) is 29.2 Å². The lowest BCUT2D eigenvalue weighted by atomic mass is 10.1. The third-order valence-electron chi connectivity index (χ3n) is 4.40. The lowest BCUT2D eigenvalue weighted by molar-refractivity contribution is 0.0178. The number of aromatic nitrogens is 2. The molecule has 0 radical (unpaired) electrons. The maximum absolute atomic E-state index is 12.6. The fourth-order valence-corrected chi connectivity index (χ4v) is 3.06. The zero-order valence-corrected chi connectivity index (χ0v) is 14.3. The van der Waals surface area contributed by atoms with Gasteiger partial charge in [0.2, 0.25) is 0 Å². The van der Waals surface area contributed by atoms with Crippen molar-refractivity contribution in [1.29, 1.82) is 0 Å². The summed E-state index contributed by atoms with van der Waals surface area (Å²) in [6.45, 7) is 1.07. The van der Waals surface area contributed by atoms with E-state index in [1.54, 1.807) is 42.3 Å². The zero-order chi connectivity index (χ0) is 17.6. The predicted molar refractivity (Wildman–Crippen MR) is 95.3 cm³/mol. The Kier molecular flexibility index (Phi) is 3.77. The highest BCUT2D eigenvalue weighted by Gasteiger charge is 2.33. The number of aromatic amines is 1. The highest BCUT2D eigenvalue weighted by Crippen LogP contribution is 2.22. The molecular weight excluding hydrogens is 342 g/mol. The first-order valence-electron chi connectivity index (χ1n) is 7.91. The molecule has 3 aromatic rings. The summed E-state index contributed by atoms with van der Waals surface area (Å²) in [7, 11) is 1.69. The van der Waals surface area contributed by atoms with Crippen LogP contribution < -0.4 is 10.4 Å². The van der Waals surface area contributed by atoms with Crippen LogP contribution in [0.15, 0.2) is 47.3 Å². The molecule has 1 N–H and O–H groups in total. The topological polar surface area (TPSA) is 67.3 Å². The van der Waals surface area contributed by atoms with Crippen molar-refractivity contribution in [2.24, 2.45) is 7.05 Å². The van der Waals surface area contributed by atoms with Crippen LogP contribution in [0.5, 0.6) is 5.75 Å². The summed E-state index contributed by atoms with van der Waals surface area (Å²) in [6.07, 6.45) is -0.0228. The van der Waals surface area contributed by atoms with Gasteiger partial charge in [-0.2, -0.15) is 0 Å². The molecule has 0 aliphatic carbocycles. The third-order valence-corrected chi connectivity index (χ3v) is 4.65. The summed E-state index contributed by atoms with van der Waals surface area (Å²) in [6, 6.07) is 12.4. The van der Waals surface area contributed by atoms with Crippen molar-refractivity contribution in [3.8, 4) is 5.75 Å². The van der Waals surface area contributed by atoms with Crippen LogP contribution in [0.4, 0.5) is 0 Å². The molecular formula is C18H16ClN3O3. The van der Waals surface area contributed by atoms with Crippen LogP contribution in [0.25, 0.3) is 11.0 Å². The number of H-pyrrole nitrogens is 1. The van der Waals surface area contributed by atoms with Crippen LogP contribution in [-0.2, 0) is 7.05 Å². The number of carbonyl (C=O) groups excluding carboxylic acids is 1. The number of nitrogens with one attached hydrogen (secondary N) is 1. The van der Waals surface area contributed by atoms with E-state index in [0.717, 1.165) is 11.3 Å². The third kappa shape index (κ3) is 2.89. The zero-order valence-electron chi connectivity index (χ0n) is 13.5. The number of imidazole rings is 1. The van der Waals surface area contributed by atoms with Gasteiger partial charge in [-0.1, -0.05) is 11.6 Å². The predicted octanol–water partition coefficient (Wildman–Crippen LogP) is 2.42. The molecule has 4 rings (SSSR count). The lowest BCUT2D eigenvalue weighted by Gasteiger charge is -2.39. The number of halogens is 1. The average molecular weight is 358 g/mol. The number of ether oxygens (including phenoxy) is 1. The number of fused-ring (bicyclic) bond motifs is 1. The Labute approximate surface area is 148 Å². The smallest absolute Gasteiger partial charge is 0.326 e. The van der Waals surface area contributed by atoms with Crippen molar-refractivity contribution >= 4 is 28.5 Å². The van der Waals surface area contributed by atoms with Crippen molar-refractivity contribution in [3.05, 3.63) is 63.5 Å². The van der Waals surface area contributed by atoms with Gasteiger partial charge in [0.15, 0.2) is 0 Å². The number of hydrogen-bond donors (Lipinski definition) is 1. The molecule has 0 unspecified atom stereocenters. The molecule has 0 bridgehead atoms. The van der Waals surface area contributed by atoms with Crippen LogP contribution >= 0.6 is 11.6 Å². The molecule has 1 amide bonds. The van der Waals surface area contributed by atoms with E-state index in [9.17, 15) is 9.59 Å². The monoisotopic (exact) mass is 357 g/mol. The second-order valence-corrected chi connectivity index (χ2v) is 6.56. The molecule has 1 fully saturated rings. The minimum atomic E-state index is -0.194. The van der Waals surface area contributed by atoms with Crippen LogP contribution in [0.1, 0.15) is 10.4 Å². The molecule has 0 saturated carbocycles. The lowest BCUT2D eigenvalue weighted by Crippen LogP contribution is -2.56. The fraction of sp³-hybridized carbons (Fsp3) is 0.222. The number of nitrogens with zero attached hydrogens (tertiary/aromatic N) is 2. The van der Waals surface area contributed by atoms with Crippen molar-refractivity contribution in [2.45, 2.75) is 6.10 Å². The number of hydrogen-bond acceptors (Lipinski definition) is 3. The minimum absolute atomic E-state index is 0.0228. The Bertz CT molecular complexity index is 1000. The van der Waals surface area contributed by atoms with E-state index in [-0.39, 0.29) is 17.7 Å². The SMILES string of the molecule is Cn1c(=O)[nH]c2cc(C(=O)N3CC(Oc4ccc(Cl)cc4)C3)ccc21. The van der Waals surface area contributed by atoms with E-state index in [1.807, 2.05) is 12.1 Å². The van der Waals surface area contributed by atoms with Crippen molar-refractivity contribution in [2.75, 3.05) is 13.1 Å². The van der Waals surface area contributed by atoms with E-state index in [2.05, 4.69) is 4.98 Å². The molecule has 7 heteroatoms. The summed E-state index contributed by atoms with van der Waals surface area (Å²) < 4.78 is 7.32. The van der Waals surface area contributed by atoms with Gasteiger partial charge in [-0.05, 0) is 42.5 Å².